The summed E-state index contributed by atoms with van der Waals surface area (Å²) in [6.45, 7) is 0. The van der Waals surface area contributed by atoms with Crippen LogP contribution in [0, 0.1) is 0 Å². The summed E-state index contributed by atoms with van der Waals surface area (Å²) in [5.41, 5.74) is 1.11. The van der Waals surface area contributed by atoms with E-state index in [0.29, 0.717) is 16.9 Å². The molecule has 0 aliphatic heterocycles. The van der Waals surface area contributed by atoms with E-state index >= 15 is 0 Å². The molecule has 0 saturated heterocycles. The lowest BCUT2D eigenvalue weighted by Gasteiger charge is -2.01. The number of halogens is 1. The minimum atomic E-state index is -0.399. The van der Waals surface area contributed by atoms with Crippen LogP contribution in [0.2, 0.25) is 0 Å². The fourth-order valence-corrected chi connectivity index (χ4v) is 2.39. The van der Waals surface area contributed by atoms with Crippen molar-refractivity contribution in [3.8, 4) is 23.0 Å². The maximum atomic E-state index is 11.8. The molecule has 0 unspecified atom stereocenters. The number of benzene rings is 2. The molecule has 0 fully saturated rings. The van der Waals surface area contributed by atoms with Crippen molar-refractivity contribution < 1.29 is 28.0 Å². The van der Waals surface area contributed by atoms with E-state index in [1.807, 2.05) is 0 Å². The third kappa shape index (κ3) is 5.62. The molecule has 0 amide bonds. The number of carbonyl (C=O) groups excluding carboxylic acids is 2. The second kappa shape index (κ2) is 9.04. The van der Waals surface area contributed by atoms with Crippen molar-refractivity contribution in [3.63, 3.8) is 0 Å². The molecule has 7 heteroatoms. The summed E-state index contributed by atoms with van der Waals surface area (Å²) in [5, 5.41) is 28.3. The quantitative estimate of drug-likeness (QED) is 0.248. The van der Waals surface area contributed by atoms with Crippen molar-refractivity contribution in [2.75, 3.05) is 0 Å². The highest BCUT2D eigenvalue weighted by Crippen LogP contribution is 2.28. The van der Waals surface area contributed by atoms with Gasteiger partial charge in [-0.15, -0.1) is 0 Å². The minimum absolute atomic E-state index is 0.0508. The van der Waals surface area contributed by atoms with Crippen molar-refractivity contribution in [2.45, 2.75) is 6.42 Å². The first kappa shape index (κ1) is 19.5. The van der Waals surface area contributed by atoms with Gasteiger partial charge in [-0.05, 0) is 47.5 Å². The van der Waals surface area contributed by atoms with E-state index in [0.717, 1.165) is 0 Å². The minimum Gasteiger partial charge on any atom is -0.504 e. The standard InChI is InChI=1S/C19H15IO6/c20-26-19-8-4-13(10-18(19)25)2-6-15(22)11-14(21)5-1-12-3-7-16(23)17(24)9-12/h1-10,23-25H,11H2/b5-1+,6-2+. The normalized spacial score (nSPS) is 11.1. The van der Waals surface area contributed by atoms with Crippen LogP contribution in [0.15, 0.2) is 48.6 Å². The lowest BCUT2D eigenvalue weighted by atomic mass is 10.1. The molecule has 2 aromatic carbocycles. The average Bonchev–Trinajstić information content (AvgIpc) is 2.61. The van der Waals surface area contributed by atoms with E-state index in [1.54, 1.807) is 35.1 Å². The molecule has 0 atom stereocenters. The SMILES string of the molecule is O=C(/C=C/c1ccc(O)c(O)c1)CC(=O)/C=C/c1ccc(OI)c(O)c1. The second-order valence-corrected chi connectivity index (χ2v) is 5.77. The zero-order valence-corrected chi connectivity index (χ0v) is 15.6. The molecule has 134 valence electrons. The van der Waals surface area contributed by atoms with Crippen LogP contribution in [0.4, 0.5) is 0 Å². The van der Waals surface area contributed by atoms with E-state index < -0.39 is 5.78 Å². The smallest absolute Gasteiger partial charge is 0.192 e. The molecule has 0 aromatic heterocycles. The van der Waals surface area contributed by atoms with Gasteiger partial charge in [0.2, 0.25) is 0 Å². The molecule has 6 nitrogen and oxygen atoms in total. The summed E-state index contributed by atoms with van der Waals surface area (Å²) >= 11 is 1.65. The molecule has 0 saturated carbocycles. The van der Waals surface area contributed by atoms with Gasteiger partial charge in [-0.3, -0.25) is 9.59 Å². The Labute approximate surface area is 163 Å². The summed E-state index contributed by atoms with van der Waals surface area (Å²) in [4.78, 5) is 23.7. The number of allylic oxidation sites excluding steroid dienone is 2. The number of hydrogen-bond donors (Lipinski definition) is 3. The largest absolute Gasteiger partial charge is 0.504 e. The number of phenols is 3. The zero-order chi connectivity index (χ0) is 19.1. The third-order valence-corrected chi connectivity index (χ3v) is 3.81. The number of hydrogen-bond acceptors (Lipinski definition) is 6. The molecule has 2 rings (SSSR count). The van der Waals surface area contributed by atoms with Crippen LogP contribution >= 0.6 is 23.0 Å². The monoisotopic (exact) mass is 466 g/mol. The number of rotatable bonds is 7. The van der Waals surface area contributed by atoms with Crippen LogP contribution in [-0.4, -0.2) is 26.9 Å². The van der Waals surface area contributed by atoms with E-state index in [4.69, 9.17) is 3.07 Å². The van der Waals surface area contributed by atoms with Crippen LogP contribution in [0.1, 0.15) is 17.5 Å². The Kier molecular flexibility index (Phi) is 6.79. The number of phenolic OH excluding ortho intramolecular Hbond substituents is 3. The Bertz CT molecular complexity index is 886. The van der Waals surface area contributed by atoms with E-state index in [9.17, 15) is 24.9 Å². The summed E-state index contributed by atoms with van der Waals surface area (Å²) in [6.07, 6.45) is 5.12. The molecule has 0 heterocycles. The first-order valence-corrected chi connectivity index (χ1v) is 8.32. The van der Waals surface area contributed by atoms with Crippen molar-refractivity contribution in [1.82, 2.24) is 0 Å². The summed E-state index contributed by atoms with van der Waals surface area (Å²) < 4.78 is 4.90. The van der Waals surface area contributed by atoms with Gasteiger partial charge in [0.25, 0.3) is 0 Å². The van der Waals surface area contributed by atoms with Crippen LogP contribution in [0.5, 0.6) is 23.0 Å². The van der Waals surface area contributed by atoms with Gasteiger partial charge < -0.3 is 18.4 Å². The molecule has 0 bridgehead atoms. The first-order chi connectivity index (χ1) is 12.4. The van der Waals surface area contributed by atoms with Gasteiger partial charge >= 0.3 is 0 Å². The predicted octanol–water partition coefficient (Wildman–Crippen LogP) is 3.79. The van der Waals surface area contributed by atoms with Crippen molar-refractivity contribution in [2.24, 2.45) is 0 Å². The highest BCUT2D eigenvalue weighted by molar-refractivity contribution is 14.1. The average molecular weight is 466 g/mol. The van der Waals surface area contributed by atoms with Crippen LogP contribution in [0.25, 0.3) is 12.2 Å². The molecule has 3 N–H and O–H groups in total. The molecular formula is C19H15IO6. The molecular weight excluding hydrogens is 451 g/mol. The van der Waals surface area contributed by atoms with Crippen LogP contribution < -0.4 is 3.07 Å². The Morgan fingerprint density at radius 1 is 0.846 bits per heavy atom. The van der Waals surface area contributed by atoms with Gasteiger partial charge in [0.15, 0.2) is 57.6 Å². The zero-order valence-electron chi connectivity index (χ0n) is 13.4. The number of ketones is 2. The first-order valence-electron chi connectivity index (χ1n) is 7.44. The predicted molar refractivity (Wildman–Crippen MR) is 105 cm³/mol. The molecule has 0 radical (unpaired) electrons. The Morgan fingerprint density at radius 3 is 1.88 bits per heavy atom. The van der Waals surface area contributed by atoms with Gasteiger partial charge in [-0.1, -0.05) is 24.3 Å². The molecule has 26 heavy (non-hydrogen) atoms. The summed E-state index contributed by atoms with van der Waals surface area (Å²) in [5.74, 6) is -1.07. The van der Waals surface area contributed by atoms with E-state index in [1.165, 1.54) is 48.6 Å². The van der Waals surface area contributed by atoms with E-state index in [2.05, 4.69) is 0 Å². The lowest BCUT2D eigenvalue weighted by molar-refractivity contribution is -0.121. The number of aromatic hydroxyl groups is 3. The maximum absolute atomic E-state index is 11.8. The number of carbonyl (C=O) groups is 2. The molecule has 2 aromatic rings. The topological polar surface area (TPSA) is 104 Å². The van der Waals surface area contributed by atoms with Crippen molar-refractivity contribution >= 4 is 46.7 Å². The van der Waals surface area contributed by atoms with Crippen molar-refractivity contribution in [3.05, 3.63) is 59.7 Å². The fourth-order valence-electron chi connectivity index (χ4n) is 2.02. The summed E-state index contributed by atoms with van der Waals surface area (Å²) in [6, 6.07) is 8.80. The van der Waals surface area contributed by atoms with Gasteiger partial charge in [0.1, 0.15) is 0 Å². The molecule has 0 aliphatic carbocycles. The van der Waals surface area contributed by atoms with Gasteiger partial charge in [-0.25, -0.2) is 0 Å². The highest BCUT2D eigenvalue weighted by atomic mass is 127. The second-order valence-electron chi connectivity index (χ2n) is 5.33. The Morgan fingerprint density at radius 2 is 1.38 bits per heavy atom. The highest BCUT2D eigenvalue weighted by Gasteiger charge is 2.05. The Balaban J connectivity index is 1.94. The van der Waals surface area contributed by atoms with Gasteiger partial charge in [0.05, 0.1) is 6.42 Å². The molecule has 0 aliphatic rings. The third-order valence-electron chi connectivity index (χ3n) is 3.34. The van der Waals surface area contributed by atoms with E-state index in [-0.39, 0.29) is 29.5 Å². The van der Waals surface area contributed by atoms with Gasteiger partial charge in [-0.2, -0.15) is 0 Å². The van der Waals surface area contributed by atoms with Crippen LogP contribution in [-0.2, 0) is 9.59 Å². The molecule has 0 spiro atoms. The van der Waals surface area contributed by atoms with Crippen LogP contribution in [0.3, 0.4) is 0 Å². The fraction of sp³-hybridized carbons (Fsp3) is 0.0526. The lowest BCUT2D eigenvalue weighted by Crippen LogP contribution is -2.01. The van der Waals surface area contributed by atoms with Crippen molar-refractivity contribution in [1.29, 1.82) is 0 Å². The Hall–Kier alpha value is -2.81. The maximum Gasteiger partial charge on any atom is 0.192 e. The summed E-state index contributed by atoms with van der Waals surface area (Å²) in [7, 11) is 0. The van der Waals surface area contributed by atoms with Gasteiger partial charge in [0, 0.05) is 0 Å².